The number of aromatic nitrogens is 4. The first-order chi connectivity index (χ1) is 13.9. The molecule has 144 valence electrons. The molecule has 29 heavy (non-hydrogen) atoms. The van der Waals surface area contributed by atoms with Gasteiger partial charge in [0.15, 0.2) is 11.0 Å². The normalized spacial score (nSPS) is 11.7. The predicted octanol–water partition coefficient (Wildman–Crippen LogP) is 4.11. The van der Waals surface area contributed by atoms with Crippen LogP contribution in [-0.2, 0) is 0 Å². The molecule has 0 bridgehead atoms. The van der Waals surface area contributed by atoms with Crippen LogP contribution >= 0.6 is 23.2 Å². The van der Waals surface area contributed by atoms with Gasteiger partial charge in [0.1, 0.15) is 6.26 Å². The van der Waals surface area contributed by atoms with Crippen LogP contribution in [0.25, 0.3) is 22.6 Å². The Morgan fingerprint density at radius 3 is 2.62 bits per heavy atom. The van der Waals surface area contributed by atoms with Crippen LogP contribution in [0.5, 0.6) is 0 Å². The number of halogens is 2. The summed E-state index contributed by atoms with van der Waals surface area (Å²) in [6.45, 7) is 0. The van der Waals surface area contributed by atoms with Gasteiger partial charge in [0.2, 0.25) is 5.82 Å². The number of non-ortho nitro benzene ring substituents is 1. The Morgan fingerprint density at radius 2 is 1.97 bits per heavy atom. The van der Waals surface area contributed by atoms with Crippen LogP contribution < -0.4 is 5.43 Å². The lowest BCUT2D eigenvalue weighted by atomic mass is 10.0. The summed E-state index contributed by atoms with van der Waals surface area (Å²) >= 11 is 12.1. The largest absolute Gasteiger partial charge is 0.462 e. The number of aromatic amines is 1. The number of nitrogens with one attached hydrogen (secondary N) is 1. The van der Waals surface area contributed by atoms with E-state index in [1.165, 1.54) is 48.7 Å². The van der Waals surface area contributed by atoms with Crippen molar-refractivity contribution in [2.45, 2.75) is 0 Å². The average Bonchev–Trinajstić information content (AvgIpc) is 3.22. The van der Waals surface area contributed by atoms with Crippen LogP contribution in [0.4, 0.5) is 5.69 Å². The van der Waals surface area contributed by atoms with E-state index < -0.39 is 4.92 Å². The van der Waals surface area contributed by atoms with Gasteiger partial charge in [-0.2, -0.15) is 5.21 Å². The number of H-pyrrole nitrogens is 1. The number of rotatable bonds is 4. The Labute approximate surface area is 171 Å². The minimum absolute atomic E-state index is 0.0734. The molecule has 1 N–H and O–H groups in total. The molecule has 2 aromatic heterocycles. The molecular weight excluding hydrogens is 421 g/mol. The molecule has 4 aromatic rings. The summed E-state index contributed by atoms with van der Waals surface area (Å²) in [5, 5.41) is 25.4. The molecule has 0 aliphatic rings. The van der Waals surface area contributed by atoms with E-state index in [1.807, 2.05) is 0 Å². The van der Waals surface area contributed by atoms with Crippen LogP contribution in [0.2, 0.25) is 10.0 Å². The Hall–Kier alpha value is -3.56. The highest BCUT2D eigenvalue weighted by atomic mass is 35.5. The summed E-state index contributed by atoms with van der Waals surface area (Å²) in [5.74, 6) is 0.197. The first-order valence-electron chi connectivity index (χ1n) is 8.05. The highest BCUT2D eigenvalue weighted by molar-refractivity contribution is 6.38. The molecule has 0 fully saturated rings. The van der Waals surface area contributed by atoms with Gasteiger partial charge in [-0.05, 0) is 41.1 Å². The third-order valence-electron chi connectivity index (χ3n) is 4.09. The van der Waals surface area contributed by atoms with Crippen molar-refractivity contribution in [2.24, 2.45) is 0 Å². The maximum Gasteiger partial charge on any atom is 0.269 e. The van der Waals surface area contributed by atoms with E-state index in [1.54, 1.807) is 0 Å². The van der Waals surface area contributed by atoms with Gasteiger partial charge < -0.3 is 4.42 Å². The monoisotopic (exact) mass is 429 g/mol. The van der Waals surface area contributed by atoms with E-state index in [2.05, 4.69) is 20.6 Å². The second kappa shape index (κ2) is 7.46. The molecule has 0 amide bonds. The molecule has 0 spiro atoms. The van der Waals surface area contributed by atoms with Crippen molar-refractivity contribution < 1.29 is 9.34 Å². The van der Waals surface area contributed by atoms with Gasteiger partial charge in [-0.3, -0.25) is 14.9 Å². The minimum Gasteiger partial charge on any atom is -0.462 e. The van der Waals surface area contributed by atoms with Crippen molar-refractivity contribution in [2.75, 3.05) is 0 Å². The lowest BCUT2D eigenvalue weighted by Gasteiger charge is -2.05. The second-order valence-electron chi connectivity index (χ2n) is 5.88. The van der Waals surface area contributed by atoms with E-state index in [0.29, 0.717) is 16.2 Å². The summed E-state index contributed by atoms with van der Waals surface area (Å²) in [7, 11) is 0. The fraction of sp³-hybridized carbons (Fsp3) is 0. The van der Waals surface area contributed by atoms with Crippen LogP contribution in [0, 0.1) is 10.1 Å². The van der Waals surface area contributed by atoms with Crippen LogP contribution in [-0.4, -0.2) is 25.5 Å². The number of hydrogen-bond donors (Lipinski definition) is 1. The zero-order chi connectivity index (χ0) is 20.5. The molecule has 0 saturated carbocycles. The van der Waals surface area contributed by atoms with Gasteiger partial charge in [0.05, 0.1) is 20.9 Å². The lowest BCUT2D eigenvalue weighted by molar-refractivity contribution is -0.384. The SMILES string of the molecule is O=c1c(/C=C(/c2ccc([N+](=O)[O-])cc2)c2nn[nH]n2)coc2c(Cl)cc(Cl)cc12. The summed E-state index contributed by atoms with van der Waals surface area (Å²) in [5.41, 5.74) is 0.923. The number of tetrazole rings is 1. The number of nitrogens with zero attached hydrogens (tertiary/aromatic N) is 4. The van der Waals surface area contributed by atoms with Gasteiger partial charge >= 0.3 is 0 Å². The zero-order valence-electron chi connectivity index (χ0n) is 14.3. The van der Waals surface area contributed by atoms with Crippen molar-refractivity contribution in [1.29, 1.82) is 0 Å². The molecule has 0 aliphatic heterocycles. The molecule has 0 radical (unpaired) electrons. The van der Waals surface area contributed by atoms with E-state index in [4.69, 9.17) is 27.6 Å². The molecule has 11 heteroatoms. The summed E-state index contributed by atoms with van der Waals surface area (Å²) in [4.78, 5) is 23.3. The van der Waals surface area contributed by atoms with Gasteiger partial charge in [-0.25, -0.2) is 0 Å². The molecule has 0 atom stereocenters. The Bertz CT molecular complexity index is 1310. The summed E-state index contributed by atoms with van der Waals surface area (Å²) < 4.78 is 5.53. The Balaban J connectivity index is 1.91. The molecule has 2 aromatic carbocycles. The molecule has 4 rings (SSSR count). The molecule has 9 nitrogen and oxygen atoms in total. The maximum atomic E-state index is 12.9. The quantitative estimate of drug-likeness (QED) is 0.381. The lowest BCUT2D eigenvalue weighted by Crippen LogP contribution is -2.06. The Morgan fingerprint density at radius 1 is 1.21 bits per heavy atom. The summed E-state index contributed by atoms with van der Waals surface area (Å²) in [6.07, 6.45) is 2.77. The fourth-order valence-corrected chi connectivity index (χ4v) is 3.29. The second-order valence-corrected chi connectivity index (χ2v) is 6.73. The van der Waals surface area contributed by atoms with Crippen LogP contribution in [0.15, 0.2) is 51.9 Å². The highest BCUT2D eigenvalue weighted by Crippen LogP contribution is 2.28. The zero-order valence-corrected chi connectivity index (χ0v) is 15.8. The maximum absolute atomic E-state index is 12.9. The first kappa shape index (κ1) is 18.8. The number of nitro groups is 1. The molecular formula is C18H9Cl2N5O4. The molecule has 0 aliphatic carbocycles. The number of nitro benzene ring substituents is 1. The first-order valence-corrected chi connectivity index (χ1v) is 8.80. The Kier molecular flexibility index (Phi) is 4.83. The molecule has 2 heterocycles. The van der Waals surface area contributed by atoms with E-state index in [0.717, 1.165) is 0 Å². The predicted molar refractivity (Wildman–Crippen MR) is 107 cm³/mol. The van der Waals surface area contributed by atoms with E-state index in [9.17, 15) is 14.9 Å². The van der Waals surface area contributed by atoms with E-state index in [-0.39, 0.29) is 38.5 Å². The molecule has 0 saturated heterocycles. The van der Waals surface area contributed by atoms with Gasteiger partial charge in [-0.1, -0.05) is 23.2 Å². The van der Waals surface area contributed by atoms with Crippen molar-refractivity contribution in [1.82, 2.24) is 20.6 Å². The van der Waals surface area contributed by atoms with Crippen LogP contribution in [0.1, 0.15) is 17.0 Å². The van der Waals surface area contributed by atoms with Crippen molar-refractivity contribution >= 4 is 51.5 Å². The fourth-order valence-electron chi connectivity index (χ4n) is 2.75. The van der Waals surface area contributed by atoms with Crippen molar-refractivity contribution in [3.63, 3.8) is 0 Å². The van der Waals surface area contributed by atoms with Crippen molar-refractivity contribution in [3.8, 4) is 0 Å². The van der Waals surface area contributed by atoms with Crippen LogP contribution in [0.3, 0.4) is 0 Å². The standard InChI is InChI=1S/C18H9Cl2N5O4/c19-11-6-14-16(26)10(8-29-17(14)15(20)7-11)5-13(18-21-23-24-22-18)9-1-3-12(4-2-9)25(27)28/h1-8H,(H,21,22,23,24)/b13-5-. The van der Waals surface area contributed by atoms with E-state index >= 15 is 0 Å². The number of hydrogen-bond acceptors (Lipinski definition) is 7. The smallest absolute Gasteiger partial charge is 0.269 e. The molecule has 0 unspecified atom stereocenters. The van der Waals surface area contributed by atoms with Crippen molar-refractivity contribution in [3.05, 3.63) is 90.0 Å². The topological polar surface area (TPSA) is 128 Å². The number of benzene rings is 2. The average molecular weight is 430 g/mol. The third kappa shape index (κ3) is 3.60. The van der Waals surface area contributed by atoms with Gasteiger partial charge in [-0.15, -0.1) is 10.2 Å². The third-order valence-corrected chi connectivity index (χ3v) is 4.59. The van der Waals surface area contributed by atoms with Gasteiger partial charge in [0.25, 0.3) is 5.69 Å². The highest BCUT2D eigenvalue weighted by Gasteiger charge is 2.15. The number of fused-ring (bicyclic) bond motifs is 1. The minimum atomic E-state index is -0.507. The van der Waals surface area contributed by atoms with Gasteiger partial charge in [0, 0.05) is 22.7 Å². The summed E-state index contributed by atoms with van der Waals surface area (Å²) in [6, 6.07) is 8.67.